The molecule has 3 aromatic rings. The number of nitrogen functional groups attached to an aromatic ring is 2. The summed E-state index contributed by atoms with van der Waals surface area (Å²) in [6, 6.07) is 15.6. The Bertz CT molecular complexity index is 1180. The second-order valence-corrected chi connectivity index (χ2v) is 6.89. The predicted octanol–water partition coefficient (Wildman–Crippen LogP) is 4.71. The lowest BCUT2D eigenvalue weighted by molar-refractivity contribution is -0.274. The van der Waals surface area contributed by atoms with Crippen LogP contribution in [0.25, 0.3) is 11.1 Å². The number of para-hydroxylation sites is 1. The third kappa shape index (κ3) is 4.40. The summed E-state index contributed by atoms with van der Waals surface area (Å²) in [5, 5.41) is 19.5. The van der Waals surface area contributed by atoms with Crippen LogP contribution in [0.1, 0.15) is 11.1 Å². The quantitative estimate of drug-likeness (QED) is 0.578. The zero-order valence-corrected chi connectivity index (χ0v) is 15.9. The molecule has 0 spiro atoms. The molecule has 0 aliphatic carbocycles. The van der Waals surface area contributed by atoms with Crippen LogP contribution in [0.5, 0.6) is 5.75 Å². The van der Waals surface area contributed by atoms with Crippen LogP contribution in [0.3, 0.4) is 0 Å². The number of benzene rings is 2. The van der Waals surface area contributed by atoms with Crippen LogP contribution in [-0.4, -0.2) is 11.3 Å². The van der Waals surface area contributed by atoms with E-state index in [4.69, 9.17) is 11.5 Å². The van der Waals surface area contributed by atoms with Crippen LogP contribution >= 0.6 is 11.8 Å². The van der Waals surface area contributed by atoms with Crippen LogP contribution < -0.4 is 16.2 Å². The number of hydrogen-bond acceptors (Lipinski definition) is 7. The van der Waals surface area contributed by atoms with Gasteiger partial charge in [-0.2, -0.15) is 10.5 Å². The van der Waals surface area contributed by atoms with E-state index in [0.29, 0.717) is 16.1 Å². The summed E-state index contributed by atoms with van der Waals surface area (Å²) in [5.41, 5.74) is 12.8. The minimum atomic E-state index is -4.84. The van der Waals surface area contributed by atoms with Crippen molar-refractivity contribution in [3.05, 3.63) is 59.7 Å². The Morgan fingerprint density at radius 1 is 0.933 bits per heavy atom. The maximum atomic E-state index is 12.4. The summed E-state index contributed by atoms with van der Waals surface area (Å²) in [4.78, 5) is 4.80. The van der Waals surface area contributed by atoms with E-state index in [0.717, 1.165) is 23.9 Å². The molecule has 1 aromatic heterocycles. The second-order valence-electron chi connectivity index (χ2n) is 5.86. The first-order valence-electron chi connectivity index (χ1n) is 8.25. The molecule has 0 bridgehead atoms. The number of aromatic nitrogens is 1. The van der Waals surface area contributed by atoms with E-state index in [1.807, 2.05) is 12.1 Å². The van der Waals surface area contributed by atoms with Gasteiger partial charge in [0.15, 0.2) is 0 Å². The Morgan fingerprint density at radius 3 is 2.13 bits per heavy atom. The molecule has 6 nitrogen and oxygen atoms in total. The van der Waals surface area contributed by atoms with Crippen molar-refractivity contribution in [1.29, 1.82) is 10.5 Å². The van der Waals surface area contributed by atoms with E-state index in [2.05, 4.69) is 9.72 Å². The van der Waals surface area contributed by atoms with E-state index in [9.17, 15) is 23.7 Å². The van der Waals surface area contributed by atoms with Crippen molar-refractivity contribution in [3.8, 4) is 29.0 Å². The third-order valence-electron chi connectivity index (χ3n) is 3.92. The van der Waals surface area contributed by atoms with Gasteiger partial charge in [-0.3, -0.25) is 0 Å². The largest absolute Gasteiger partial charge is 0.573 e. The summed E-state index contributed by atoms with van der Waals surface area (Å²) in [6.07, 6.45) is -4.84. The highest BCUT2D eigenvalue weighted by molar-refractivity contribution is 7.99. The molecule has 0 fully saturated rings. The Morgan fingerprint density at radius 2 is 1.57 bits per heavy atom. The minimum Gasteiger partial charge on any atom is -0.406 e. The van der Waals surface area contributed by atoms with Crippen LogP contribution in [0.15, 0.2) is 58.5 Å². The van der Waals surface area contributed by atoms with Crippen molar-refractivity contribution >= 4 is 23.3 Å². The first-order chi connectivity index (χ1) is 14.2. The molecule has 0 atom stereocenters. The molecule has 0 aliphatic heterocycles. The fraction of sp³-hybridized carbons (Fsp3) is 0.0500. The average Bonchev–Trinajstić information content (AvgIpc) is 2.69. The molecule has 0 saturated carbocycles. The van der Waals surface area contributed by atoms with E-state index in [-0.39, 0.29) is 27.5 Å². The van der Waals surface area contributed by atoms with Gasteiger partial charge in [0.2, 0.25) is 0 Å². The Labute approximate surface area is 173 Å². The summed E-state index contributed by atoms with van der Waals surface area (Å²) in [5.74, 6) is -0.545. The third-order valence-corrected chi connectivity index (χ3v) is 5.00. The van der Waals surface area contributed by atoms with Gasteiger partial charge in [-0.05, 0) is 29.8 Å². The number of nitriles is 2. The summed E-state index contributed by atoms with van der Waals surface area (Å²) in [7, 11) is 0. The molecule has 2 aromatic carbocycles. The minimum absolute atomic E-state index is 0.0542. The smallest absolute Gasteiger partial charge is 0.406 e. The lowest BCUT2D eigenvalue weighted by atomic mass is 9.97. The normalized spacial score (nSPS) is 10.8. The summed E-state index contributed by atoms with van der Waals surface area (Å²) < 4.78 is 41.1. The molecule has 150 valence electrons. The Kier molecular flexibility index (Phi) is 5.72. The van der Waals surface area contributed by atoms with Crippen molar-refractivity contribution in [2.24, 2.45) is 0 Å². The fourth-order valence-corrected chi connectivity index (χ4v) is 3.60. The van der Waals surface area contributed by atoms with Crippen LogP contribution in [0, 0.1) is 22.7 Å². The highest BCUT2D eigenvalue weighted by Crippen LogP contribution is 2.40. The molecular weight excluding hydrogens is 415 g/mol. The van der Waals surface area contributed by atoms with Gasteiger partial charge in [-0.25, -0.2) is 4.98 Å². The number of halogens is 3. The molecule has 0 radical (unpaired) electrons. The summed E-state index contributed by atoms with van der Waals surface area (Å²) in [6.45, 7) is 0. The maximum Gasteiger partial charge on any atom is 0.573 e. The van der Waals surface area contributed by atoms with E-state index in [1.165, 1.54) is 12.1 Å². The molecule has 30 heavy (non-hydrogen) atoms. The zero-order valence-electron chi connectivity index (χ0n) is 15.1. The number of pyridine rings is 1. The standard InChI is InChI=1S/C20H12F3N5OS/c21-20(22,23)29-12-7-5-11(6-8-12)17-13(9-24)18(27)28-19(14(17)10-25)30-16-4-2-1-3-15(16)26/h1-8H,26H2,(H2,27,28). The highest BCUT2D eigenvalue weighted by atomic mass is 32.2. The fourth-order valence-electron chi connectivity index (χ4n) is 2.66. The Hall–Kier alpha value is -3.89. The first kappa shape index (κ1) is 20.8. The SMILES string of the molecule is N#Cc1c(N)nc(Sc2ccccc2N)c(C#N)c1-c1ccc(OC(F)(F)F)cc1. The van der Waals surface area contributed by atoms with Gasteiger partial charge in [0.05, 0.1) is 5.56 Å². The highest BCUT2D eigenvalue weighted by Gasteiger charge is 2.31. The lowest BCUT2D eigenvalue weighted by Gasteiger charge is -2.14. The molecule has 0 unspecified atom stereocenters. The van der Waals surface area contributed by atoms with Crippen molar-refractivity contribution < 1.29 is 17.9 Å². The van der Waals surface area contributed by atoms with Gasteiger partial charge in [-0.1, -0.05) is 36.0 Å². The number of rotatable bonds is 4. The topological polar surface area (TPSA) is 122 Å². The Balaban J connectivity index is 2.14. The number of hydrogen-bond donors (Lipinski definition) is 2. The van der Waals surface area contributed by atoms with Crippen LogP contribution in [0.2, 0.25) is 0 Å². The van der Waals surface area contributed by atoms with E-state index >= 15 is 0 Å². The number of anilines is 2. The van der Waals surface area contributed by atoms with Crippen LogP contribution in [-0.2, 0) is 0 Å². The van der Waals surface area contributed by atoms with Gasteiger partial charge in [0.25, 0.3) is 0 Å². The maximum absolute atomic E-state index is 12.4. The monoisotopic (exact) mass is 427 g/mol. The lowest BCUT2D eigenvalue weighted by Crippen LogP contribution is -2.16. The number of alkyl halides is 3. The van der Waals surface area contributed by atoms with Crippen LogP contribution in [0.4, 0.5) is 24.7 Å². The molecule has 10 heteroatoms. The molecule has 0 aliphatic rings. The van der Waals surface area contributed by atoms with Crippen molar-refractivity contribution in [3.63, 3.8) is 0 Å². The number of ether oxygens (including phenoxy) is 1. The van der Waals surface area contributed by atoms with E-state index < -0.39 is 12.1 Å². The molecule has 3 rings (SSSR count). The molecule has 4 N–H and O–H groups in total. The first-order valence-corrected chi connectivity index (χ1v) is 9.07. The van der Waals surface area contributed by atoms with Crippen molar-refractivity contribution in [1.82, 2.24) is 4.98 Å². The summed E-state index contributed by atoms with van der Waals surface area (Å²) >= 11 is 1.10. The second kappa shape index (κ2) is 8.23. The number of nitrogens with zero attached hydrogens (tertiary/aromatic N) is 3. The van der Waals surface area contributed by atoms with Gasteiger partial charge in [0.1, 0.15) is 34.3 Å². The zero-order chi connectivity index (χ0) is 21.9. The molecule has 1 heterocycles. The predicted molar refractivity (Wildman–Crippen MR) is 105 cm³/mol. The van der Waals surface area contributed by atoms with Gasteiger partial charge in [-0.15, -0.1) is 13.2 Å². The van der Waals surface area contributed by atoms with Crippen molar-refractivity contribution in [2.45, 2.75) is 16.3 Å². The average molecular weight is 427 g/mol. The van der Waals surface area contributed by atoms with Gasteiger partial charge >= 0.3 is 6.36 Å². The molecule has 0 amide bonds. The molecule has 0 saturated heterocycles. The number of nitrogens with two attached hydrogens (primary N) is 2. The van der Waals surface area contributed by atoms with Gasteiger partial charge < -0.3 is 16.2 Å². The van der Waals surface area contributed by atoms with E-state index in [1.54, 1.807) is 24.3 Å². The van der Waals surface area contributed by atoms with Crippen molar-refractivity contribution in [2.75, 3.05) is 11.5 Å². The van der Waals surface area contributed by atoms with Gasteiger partial charge in [0, 0.05) is 16.1 Å². The molecular formula is C20H12F3N5OS.